The minimum Gasteiger partial charge on any atom is -0.359 e. The van der Waals surface area contributed by atoms with E-state index in [4.69, 9.17) is 4.52 Å². The Labute approximate surface area is 137 Å². The van der Waals surface area contributed by atoms with Gasteiger partial charge in [-0.15, -0.1) is 0 Å². The normalized spacial score (nSPS) is 20.3. The lowest BCUT2D eigenvalue weighted by Gasteiger charge is -2.22. The highest BCUT2D eigenvalue weighted by atomic mass is 32.2. The van der Waals surface area contributed by atoms with Crippen LogP contribution in [0.5, 0.6) is 0 Å². The van der Waals surface area contributed by atoms with Gasteiger partial charge in [-0.25, -0.2) is 8.42 Å². The summed E-state index contributed by atoms with van der Waals surface area (Å²) in [6.07, 6.45) is 1.43. The van der Waals surface area contributed by atoms with Crippen LogP contribution < -0.4 is 5.32 Å². The van der Waals surface area contributed by atoms with E-state index in [-0.39, 0.29) is 30.0 Å². The van der Waals surface area contributed by atoms with E-state index in [1.165, 1.54) is 0 Å². The summed E-state index contributed by atoms with van der Waals surface area (Å²) >= 11 is 0. The van der Waals surface area contributed by atoms with Gasteiger partial charge in [-0.05, 0) is 25.8 Å². The predicted molar refractivity (Wildman–Crippen MR) is 86.6 cm³/mol. The quantitative estimate of drug-likeness (QED) is 0.780. The smallest absolute Gasteiger partial charge is 0.234 e. The van der Waals surface area contributed by atoms with Gasteiger partial charge in [0.15, 0.2) is 15.6 Å². The summed E-state index contributed by atoms with van der Waals surface area (Å²) in [6, 6.07) is 1.78. The highest BCUT2D eigenvalue weighted by Crippen LogP contribution is 2.16. The summed E-state index contributed by atoms with van der Waals surface area (Å²) in [7, 11) is -1.16. The number of aromatic nitrogens is 1. The van der Waals surface area contributed by atoms with E-state index >= 15 is 0 Å². The second kappa shape index (κ2) is 7.44. The Hall–Kier alpha value is -1.41. The van der Waals surface area contributed by atoms with Crippen LogP contribution in [0.3, 0.4) is 0 Å². The largest absolute Gasteiger partial charge is 0.359 e. The Balaban J connectivity index is 1.75. The molecule has 0 unspecified atom stereocenters. The fourth-order valence-corrected chi connectivity index (χ4v) is 4.48. The molecule has 1 fully saturated rings. The molecule has 8 heteroatoms. The molecule has 0 spiro atoms. The summed E-state index contributed by atoms with van der Waals surface area (Å²) in [6.45, 7) is 4.68. The SMILES string of the molecule is CC(C)Cc1cc(CNC(=O)CN(C)[C@H]2CCS(=O)(=O)C2)on1. The topological polar surface area (TPSA) is 92.5 Å². The number of carbonyl (C=O) groups is 1. The zero-order valence-electron chi connectivity index (χ0n) is 13.9. The molecule has 1 aliphatic heterocycles. The first-order chi connectivity index (χ1) is 10.7. The average Bonchev–Trinajstić information content (AvgIpc) is 3.02. The van der Waals surface area contributed by atoms with Gasteiger partial charge in [0.05, 0.1) is 30.3 Å². The van der Waals surface area contributed by atoms with Crippen molar-refractivity contribution in [3.8, 4) is 0 Å². The standard InChI is InChI=1S/C15H25N3O4S/c1-11(2)6-12-7-14(22-17-12)8-16-15(19)9-18(3)13-4-5-23(20,21)10-13/h7,11,13H,4-6,8-10H2,1-3H3,(H,16,19)/t13-/m0/s1. The third kappa shape index (κ3) is 5.62. The molecule has 0 aromatic carbocycles. The third-order valence-corrected chi connectivity index (χ3v) is 5.66. The second-order valence-corrected chi connectivity index (χ2v) is 8.86. The number of nitrogens with zero attached hydrogens (tertiary/aromatic N) is 2. The summed E-state index contributed by atoms with van der Waals surface area (Å²) < 4.78 is 28.1. The van der Waals surface area contributed by atoms with E-state index in [9.17, 15) is 13.2 Å². The summed E-state index contributed by atoms with van der Waals surface area (Å²) in [5, 5.41) is 6.75. The van der Waals surface area contributed by atoms with Crippen LogP contribution in [-0.2, 0) is 27.6 Å². The molecular weight excluding hydrogens is 318 g/mol. The Morgan fingerprint density at radius 1 is 1.52 bits per heavy atom. The van der Waals surface area contributed by atoms with Crippen LogP contribution in [0.1, 0.15) is 31.7 Å². The number of rotatable bonds is 7. The Morgan fingerprint density at radius 3 is 2.87 bits per heavy atom. The fraction of sp³-hybridized carbons (Fsp3) is 0.733. The summed E-state index contributed by atoms with van der Waals surface area (Å²) in [4.78, 5) is 13.8. The minimum absolute atomic E-state index is 0.0753. The van der Waals surface area contributed by atoms with Crippen molar-refractivity contribution in [2.75, 3.05) is 25.1 Å². The van der Waals surface area contributed by atoms with Gasteiger partial charge in [-0.2, -0.15) is 0 Å². The van der Waals surface area contributed by atoms with Crippen LogP contribution in [0, 0.1) is 5.92 Å². The van der Waals surface area contributed by atoms with Gasteiger partial charge in [0.25, 0.3) is 0 Å². The first kappa shape index (κ1) is 17.9. The highest BCUT2D eigenvalue weighted by molar-refractivity contribution is 7.91. The molecule has 0 saturated carbocycles. The van der Waals surface area contributed by atoms with Gasteiger partial charge in [-0.1, -0.05) is 19.0 Å². The first-order valence-corrected chi connectivity index (χ1v) is 9.69. The van der Waals surface area contributed by atoms with Gasteiger partial charge in [0.1, 0.15) is 0 Å². The van der Waals surface area contributed by atoms with Crippen LogP contribution >= 0.6 is 0 Å². The Morgan fingerprint density at radius 2 is 2.26 bits per heavy atom. The zero-order chi connectivity index (χ0) is 17.0. The maximum Gasteiger partial charge on any atom is 0.234 e. The van der Waals surface area contributed by atoms with E-state index in [0.717, 1.165) is 12.1 Å². The van der Waals surface area contributed by atoms with Crippen molar-refractivity contribution in [3.63, 3.8) is 0 Å². The molecule has 1 amide bonds. The Bertz CT molecular complexity index is 639. The number of carbonyl (C=O) groups excluding carboxylic acids is 1. The van der Waals surface area contributed by atoms with Gasteiger partial charge in [-0.3, -0.25) is 9.69 Å². The number of likely N-dealkylation sites (N-methyl/N-ethyl adjacent to an activating group) is 1. The summed E-state index contributed by atoms with van der Waals surface area (Å²) in [5.41, 5.74) is 0.887. The number of sulfone groups is 1. The van der Waals surface area contributed by atoms with E-state index in [2.05, 4.69) is 24.3 Å². The molecule has 7 nitrogen and oxygen atoms in total. The monoisotopic (exact) mass is 343 g/mol. The van der Waals surface area contributed by atoms with E-state index in [1.807, 2.05) is 6.07 Å². The molecule has 1 aromatic rings. The fourth-order valence-electron chi connectivity index (χ4n) is 2.67. The number of amides is 1. The molecule has 2 heterocycles. The van der Waals surface area contributed by atoms with Gasteiger partial charge in [0, 0.05) is 12.1 Å². The van der Waals surface area contributed by atoms with Crippen molar-refractivity contribution in [2.45, 2.75) is 39.3 Å². The number of hydrogen-bond donors (Lipinski definition) is 1. The van der Waals surface area contributed by atoms with Crippen LogP contribution in [0.4, 0.5) is 0 Å². The molecule has 0 radical (unpaired) electrons. The second-order valence-electron chi connectivity index (χ2n) is 6.63. The van der Waals surface area contributed by atoms with Crippen LogP contribution in [0.15, 0.2) is 10.6 Å². The van der Waals surface area contributed by atoms with Gasteiger partial charge >= 0.3 is 0 Å². The third-order valence-electron chi connectivity index (χ3n) is 3.91. The lowest BCUT2D eigenvalue weighted by atomic mass is 10.1. The average molecular weight is 343 g/mol. The number of hydrogen-bond acceptors (Lipinski definition) is 6. The van der Waals surface area contributed by atoms with Crippen molar-refractivity contribution in [3.05, 3.63) is 17.5 Å². The first-order valence-electron chi connectivity index (χ1n) is 7.87. The molecule has 1 atom stereocenters. The zero-order valence-corrected chi connectivity index (χ0v) is 14.7. The lowest BCUT2D eigenvalue weighted by Crippen LogP contribution is -2.40. The molecule has 0 bridgehead atoms. The van der Waals surface area contributed by atoms with Crippen molar-refractivity contribution in [1.82, 2.24) is 15.4 Å². The molecule has 130 valence electrons. The van der Waals surface area contributed by atoms with Gasteiger partial charge < -0.3 is 9.84 Å². The van der Waals surface area contributed by atoms with Crippen LogP contribution in [0.2, 0.25) is 0 Å². The van der Waals surface area contributed by atoms with E-state index in [0.29, 0.717) is 24.6 Å². The lowest BCUT2D eigenvalue weighted by molar-refractivity contribution is -0.122. The van der Waals surface area contributed by atoms with Crippen LogP contribution in [-0.4, -0.2) is 55.5 Å². The molecular formula is C15H25N3O4S. The van der Waals surface area contributed by atoms with E-state index in [1.54, 1.807) is 11.9 Å². The van der Waals surface area contributed by atoms with Crippen molar-refractivity contribution in [1.29, 1.82) is 0 Å². The predicted octanol–water partition coefficient (Wildman–Crippen LogP) is 0.608. The van der Waals surface area contributed by atoms with Crippen LogP contribution in [0.25, 0.3) is 0 Å². The molecule has 23 heavy (non-hydrogen) atoms. The highest BCUT2D eigenvalue weighted by Gasteiger charge is 2.31. The molecule has 0 aliphatic carbocycles. The molecule has 2 rings (SSSR count). The summed E-state index contributed by atoms with van der Waals surface area (Å²) in [5.74, 6) is 1.31. The van der Waals surface area contributed by atoms with E-state index < -0.39 is 9.84 Å². The maximum atomic E-state index is 12.0. The molecule has 1 saturated heterocycles. The van der Waals surface area contributed by atoms with Crippen molar-refractivity contribution in [2.24, 2.45) is 5.92 Å². The van der Waals surface area contributed by atoms with Crippen molar-refractivity contribution < 1.29 is 17.7 Å². The number of nitrogens with one attached hydrogen (secondary N) is 1. The molecule has 1 aromatic heterocycles. The Kier molecular flexibility index (Phi) is 5.80. The molecule has 1 aliphatic rings. The molecule has 1 N–H and O–H groups in total. The minimum atomic E-state index is -2.94. The maximum absolute atomic E-state index is 12.0. The van der Waals surface area contributed by atoms with Gasteiger partial charge in [0.2, 0.25) is 5.91 Å². The van der Waals surface area contributed by atoms with Crippen molar-refractivity contribution >= 4 is 15.7 Å².